The zero-order chi connectivity index (χ0) is 24.5. The second-order valence-corrected chi connectivity index (χ2v) is 8.97. The lowest BCUT2D eigenvalue weighted by Gasteiger charge is -2.13. The van der Waals surface area contributed by atoms with E-state index in [4.69, 9.17) is 9.97 Å². The molecule has 0 aliphatic rings. The van der Waals surface area contributed by atoms with Gasteiger partial charge in [0.1, 0.15) is 0 Å². The number of rotatable bonds is 4. The first-order valence-electron chi connectivity index (χ1n) is 12.0. The van der Waals surface area contributed by atoms with Crippen LogP contribution in [0.4, 0.5) is 0 Å². The third-order valence-electron chi connectivity index (χ3n) is 6.62. The minimum atomic E-state index is 0.878. The number of aromatic nitrogens is 4. The maximum Gasteiger partial charge on any atom is 0.0973 e. The van der Waals surface area contributed by atoms with Gasteiger partial charge in [-0.15, -0.1) is 0 Å². The largest absolute Gasteiger partial charge is 0.265 e. The van der Waals surface area contributed by atoms with E-state index in [2.05, 4.69) is 84.5 Å². The van der Waals surface area contributed by atoms with E-state index in [0.717, 1.165) is 55.8 Å². The van der Waals surface area contributed by atoms with Crippen molar-refractivity contribution in [1.82, 2.24) is 19.9 Å². The van der Waals surface area contributed by atoms with E-state index in [-0.39, 0.29) is 0 Å². The highest BCUT2D eigenvalue weighted by molar-refractivity contribution is 5.88. The lowest BCUT2D eigenvalue weighted by molar-refractivity contribution is 1.26. The summed E-state index contributed by atoms with van der Waals surface area (Å²) < 4.78 is 0. The van der Waals surface area contributed by atoms with Gasteiger partial charge in [-0.1, -0.05) is 48.5 Å². The van der Waals surface area contributed by atoms with Crippen LogP contribution < -0.4 is 0 Å². The summed E-state index contributed by atoms with van der Waals surface area (Å²) in [7, 11) is 0. The van der Waals surface area contributed by atoms with Crippen LogP contribution in [0.5, 0.6) is 0 Å². The average molecular weight is 465 g/mol. The van der Waals surface area contributed by atoms with Crippen molar-refractivity contribution in [3.05, 3.63) is 121 Å². The summed E-state index contributed by atoms with van der Waals surface area (Å²) in [4.78, 5) is 18.5. The lowest BCUT2D eigenvalue weighted by Crippen LogP contribution is -1.97. The fourth-order valence-electron chi connectivity index (χ4n) is 4.44. The van der Waals surface area contributed by atoms with Crippen LogP contribution in [0.15, 0.2) is 110 Å². The second kappa shape index (κ2) is 9.16. The summed E-state index contributed by atoms with van der Waals surface area (Å²) in [5, 5.41) is 0. The topological polar surface area (TPSA) is 51.6 Å². The maximum atomic E-state index is 5.13. The zero-order valence-electron chi connectivity index (χ0n) is 20.2. The Morgan fingerprint density at radius 3 is 1.06 bits per heavy atom. The van der Waals surface area contributed by atoms with Crippen LogP contribution in [0.25, 0.3) is 55.8 Å². The molecule has 3 aromatic heterocycles. The highest BCUT2D eigenvalue weighted by Crippen LogP contribution is 2.34. The first-order valence-corrected chi connectivity index (χ1v) is 12.0. The molecular formula is C32H24N4. The molecule has 0 atom stereocenters. The minimum Gasteiger partial charge on any atom is -0.265 e. The van der Waals surface area contributed by atoms with E-state index in [1.807, 2.05) is 49.1 Å². The molecule has 0 saturated heterocycles. The predicted octanol–water partition coefficient (Wildman–Crippen LogP) is 7.70. The van der Waals surface area contributed by atoms with Gasteiger partial charge < -0.3 is 0 Å². The summed E-state index contributed by atoms with van der Waals surface area (Å²) in [5.41, 5.74) is 12.6. The number of hydrogen-bond acceptors (Lipinski definition) is 4. The Morgan fingerprint density at radius 1 is 0.389 bits per heavy atom. The molecule has 36 heavy (non-hydrogen) atoms. The van der Waals surface area contributed by atoms with Crippen molar-refractivity contribution < 1.29 is 0 Å². The van der Waals surface area contributed by atoms with Crippen molar-refractivity contribution in [2.45, 2.75) is 13.8 Å². The van der Waals surface area contributed by atoms with Gasteiger partial charge in [0.25, 0.3) is 0 Å². The summed E-state index contributed by atoms with van der Waals surface area (Å²) >= 11 is 0. The molecule has 4 nitrogen and oxygen atoms in total. The Kier molecular flexibility index (Phi) is 5.55. The van der Waals surface area contributed by atoms with Gasteiger partial charge in [-0.2, -0.15) is 0 Å². The first kappa shape index (κ1) is 21.8. The van der Waals surface area contributed by atoms with Crippen molar-refractivity contribution in [2.75, 3.05) is 0 Å². The predicted molar refractivity (Wildman–Crippen MR) is 146 cm³/mol. The Bertz CT molecular complexity index is 1530. The molecule has 0 amide bonds. The van der Waals surface area contributed by atoms with E-state index < -0.39 is 0 Å². The highest BCUT2D eigenvalue weighted by Gasteiger charge is 2.15. The molecule has 0 saturated carbocycles. The summed E-state index contributed by atoms with van der Waals surface area (Å²) in [6.45, 7) is 4.23. The number of benzene rings is 3. The van der Waals surface area contributed by atoms with Crippen molar-refractivity contribution in [1.29, 1.82) is 0 Å². The molecule has 0 N–H and O–H groups in total. The summed E-state index contributed by atoms with van der Waals surface area (Å²) in [6.07, 6.45) is 7.26. The summed E-state index contributed by atoms with van der Waals surface area (Å²) in [6, 6.07) is 29.4. The first-order chi connectivity index (χ1) is 17.7. The molecule has 0 aliphatic heterocycles. The van der Waals surface area contributed by atoms with Crippen LogP contribution in [0.3, 0.4) is 0 Å². The van der Waals surface area contributed by atoms with E-state index in [1.165, 1.54) is 11.1 Å². The molecule has 0 aliphatic carbocycles. The molecule has 6 rings (SSSR count). The molecule has 0 spiro atoms. The van der Waals surface area contributed by atoms with Crippen molar-refractivity contribution in [2.24, 2.45) is 0 Å². The molecule has 6 aromatic rings. The standard InChI is InChI=1S/C32H24N4/c1-21-19-29-30(20-22(21)2)36-32(28-9-5-24(6-10-28)26-13-17-34-18-14-26)31(35-29)27-7-3-23(4-8-27)25-11-15-33-16-12-25/h3-20H,1-2H3. The number of hydrogen-bond donors (Lipinski definition) is 0. The Morgan fingerprint density at radius 2 is 0.694 bits per heavy atom. The van der Waals surface area contributed by atoms with Gasteiger partial charge in [0.15, 0.2) is 0 Å². The van der Waals surface area contributed by atoms with Crippen LogP contribution in [0.1, 0.15) is 11.1 Å². The molecular weight excluding hydrogens is 440 g/mol. The fraction of sp³-hybridized carbons (Fsp3) is 0.0625. The molecule has 0 fully saturated rings. The molecule has 0 radical (unpaired) electrons. The van der Waals surface area contributed by atoms with Gasteiger partial charge in [-0.05, 0) is 83.6 Å². The lowest BCUT2D eigenvalue weighted by atomic mass is 9.98. The number of pyridine rings is 2. The zero-order valence-corrected chi connectivity index (χ0v) is 20.2. The van der Waals surface area contributed by atoms with Crippen LogP contribution in [0, 0.1) is 13.8 Å². The normalized spacial score (nSPS) is 11.1. The maximum absolute atomic E-state index is 5.13. The van der Waals surface area contributed by atoms with E-state index in [9.17, 15) is 0 Å². The van der Waals surface area contributed by atoms with Crippen LogP contribution >= 0.6 is 0 Å². The quantitative estimate of drug-likeness (QED) is 0.268. The highest BCUT2D eigenvalue weighted by atomic mass is 14.8. The Balaban J connectivity index is 1.49. The van der Waals surface area contributed by atoms with Gasteiger partial charge in [0.2, 0.25) is 0 Å². The minimum absolute atomic E-state index is 0.878. The average Bonchev–Trinajstić information content (AvgIpc) is 2.94. The third kappa shape index (κ3) is 4.14. The van der Waals surface area contributed by atoms with Gasteiger partial charge in [0.05, 0.1) is 22.4 Å². The van der Waals surface area contributed by atoms with E-state index in [0.29, 0.717) is 0 Å². The molecule has 4 heteroatoms. The van der Waals surface area contributed by atoms with Crippen LogP contribution in [0.2, 0.25) is 0 Å². The number of fused-ring (bicyclic) bond motifs is 1. The van der Waals surface area contributed by atoms with E-state index in [1.54, 1.807) is 0 Å². The molecule has 0 bridgehead atoms. The van der Waals surface area contributed by atoms with Crippen molar-refractivity contribution in [3.8, 4) is 44.8 Å². The Labute approximate surface area is 210 Å². The van der Waals surface area contributed by atoms with Gasteiger partial charge in [0, 0.05) is 35.9 Å². The molecule has 3 aromatic carbocycles. The van der Waals surface area contributed by atoms with Gasteiger partial charge >= 0.3 is 0 Å². The van der Waals surface area contributed by atoms with Crippen LogP contribution in [-0.4, -0.2) is 19.9 Å². The van der Waals surface area contributed by atoms with Gasteiger partial charge in [-0.25, -0.2) is 9.97 Å². The monoisotopic (exact) mass is 464 g/mol. The molecule has 172 valence electrons. The fourth-order valence-corrected chi connectivity index (χ4v) is 4.44. The molecule has 0 unspecified atom stereocenters. The smallest absolute Gasteiger partial charge is 0.0973 e. The van der Waals surface area contributed by atoms with Crippen LogP contribution in [-0.2, 0) is 0 Å². The summed E-state index contributed by atoms with van der Waals surface area (Å²) in [5.74, 6) is 0. The molecule has 3 heterocycles. The number of aryl methyl sites for hydroxylation is 2. The second-order valence-electron chi connectivity index (χ2n) is 8.97. The van der Waals surface area contributed by atoms with Crippen molar-refractivity contribution >= 4 is 11.0 Å². The van der Waals surface area contributed by atoms with Gasteiger partial charge in [-0.3, -0.25) is 9.97 Å². The Hall–Kier alpha value is -4.70. The van der Waals surface area contributed by atoms with E-state index >= 15 is 0 Å². The third-order valence-corrected chi connectivity index (χ3v) is 6.62. The van der Waals surface area contributed by atoms with Crippen molar-refractivity contribution in [3.63, 3.8) is 0 Å². The number of nitrogens with zero attached hydrogens (tertiary/aromatic N) is 4. The SMILES string of the molecule is Cc1cc2nc(-c3ccc(-c4ccncc4)cc3)c(-c3ccc(-c4ccncc4)cc3)nc2cc1C.